The highest BCUT2D eigenvalue weighted by molar-refractivity contribution is 5.97. The Bertz CT molecular complexity index is 502. The summed E-state index contributed by atoms with van der Waals surface area (Å²) in [5, 5.41) is 3.03. The number of ether oxygens (including phenoxy) is 2. The summed E-state index contributed by atoms with van der Waals surface area (Å²) in [4.78, 5) is 12.7. The van der Waals surface area contributed by atoms with Gasteiger partial charge in [-0.3, -0.25) is 4.79 Å². The fourth-order valence-corrected chi connectivity index (χ4v) is 3.13. The number of hydrogen-bond acceptors (Lipinski definition) is 3. The van der Waals surface area contributed by atoms with E-state index in [1.54, 1.807) is 0 Å². The van der Waals surface area contributed by atoms with Crippen LogP contribution >= 0.6 is 0 Å². The van der Waals surface area contributed by atoms with Crippen LogP contribution in [-0.2, 0) is 9.53 Å². The van der Waals surface area contributed by atoms with Gasteiger partial charge in [0.1, 0.15) is 11.4 Å². The molecule has 1 aromatic rings. The first-order valence-corrected chi connectivity index (χ1v) is 8.30. The molecule has 0 bridgehead atoms. The van der Waals surface area contributed by atoms with Gasteiger partial charge in [0.25, 0.3) is 5.91 Å². The zero-order valence-electron chi connectivity index (χ0n) is 13.9. The number of nitrogens with one attached hydrogen (secondary N) is 1. The largest absolute Gasteiger partial charge is 0.494 e. The van der Waals surface area contributed by atoms with Crippen LogP contribution in [0.1, 0.15) is 51.5 Å². The van der Waals surface area contributed by atoms with Crippen LogP contribution in [-0.4, -0.2) is 24.7 Å². The molecule has 0 heterocycles. The molecule has 0 saturated heterocycles. The summed E-state index contributed by atoms with van der Waals surface area (Å²) >= 11 is 0. The lowest BCUT2D eigenvalue weighted by Gasteiger charge is -2.35. The summed E-state index contributed by atoms with van der Waals surface area (Å²) in [5.41, 5.74) is 1.17. The van der Waals surface area contributed by atoms with Crippen LogP contribution in [0.2, 0.25) is 0 Å². The van der Waals surface area contributed by atoms with Gasteiger partial charge in [-0.1, -0.05) is 19.3 Å². The molecule has 0 atom stereocenters. The van der Waals surface area contributed by atoms with Crippen molar-refractivity contribution >= 4 is 11.6 Å². The lowest BCUT2D eigenvalue weighted by molar-refractivity contribution is -0.145. The summed E-state index contributed by atoms with van der Waals surface area (Å²) < 4.78 is 11.4. The van der Waals surface area contributed by atoms with Crippen molar-refractivity contribution in [3.05, 3.63) is 23.8 Å². The third-order valence-corrected chi connectivity index (χ3v) is 4.23. The third-order valence-electron chi connectivity index (χ3n) is 4.23. The number of carbonyl (C=O) groups is 1. The molecule has 1 fully saturated rings. The first-order valence-electron chi connectivity index (χ1n) is 8.30. The molecule has 1 N–H and O–H groups in total. The first-order chi connectivity index (χ1) is 10.6. The van der Waals surface area contributed by atoms with E-state index in [1.165, 1.54) is 6.42 Å². The number of aryl methyl sites for hydroxylation is 1. The second-order valence-electron chi connectivity index (χ2n) is 5.86. The van der Waals surface area contributed by atoms with E-state index >= 15 is 0 Å². The molecule has 0 aliphatic heterocycles. The van der Waals surface area contributed by atoms with E-state index < -0.39 is 5.60 Å². The predicted octanol–water partition coefficient (Wildman–Crippen LogP) is 4.07. The molecular weight excluding hydrogens is 278 g/mol. The van der Waals surface area contributed by atoms with E-state index in [2.05, 4.69) is 5.32 Å². The minimum absolute atomic E-state index is 0.0161. The molecule has 0 spiro atoms. The van der Waals surface area contributed by atoms with Crippen LogP contribution in [0.15, 0.2) is 18.2 Å². The van der Waals surface area contributed by atoms with E-state index in [4.69, 9.17) is 9.47 Å². The highest BCUT2D eigenvalue weighted by atomic mass is 16.5. The van der Waals surface area contributed by atoms with Crippen LogP contribution in [0, 0.1) is 6.92 Å². The minimum Gasteiger partial charge on any atom is -0.494 e. The Morgan fingerprint density at radius 3 is 2.50 bits per heavy atom. The average Bonchev–Trinajstić information content (AvgIpc) is 2.51. The van der Waals surface area contributed by atoms with Gasteiger partial charge in [0, 0.05) is 12.3 Å². The normalized spacial score (nSPS) is 17.0. The quantitative estimate of drug-likeness (QED) is 0.861. The van der Waals surface area contributed by atoms with Crippen molar-refractivity contribution in [2.45, 2.75) is 58.5 Å². The molecule has 2 rings (SSSR count). The van der Waals surface area contributed by atoms with Crippen LogP contribution in [0.25, 0.3) is 0 Å². The highest BCUT2D eigenvalue weighted by Gasteiger charge is 2.40. The Morgan fingerprint density at radius 2 is 1.91 bits per heavy atom. The molecule has 0 unspecified atom stereocenters. The van der Waals surface area contributed by atoms with Gasteiger partial charge < -0.3 is 14.8 Å². The standard InChI is InChI=1S/C18H27NO3/c1-4-21-16-10-9-15(13-14(16)3)19-17(20)18(22-5-2)11-7-6-8-12-18/h9-10,13H,4-8,11-12H2,1-3H3,(H,19,20). The Kier molecular flexibility index (Phi) is 5.83. The molecule has 4 heteroatoms. The van der Waals surface area contributed by atoms with E-state index in [0.29, 0.717) is 13.2 Å². The van der Waals surface area contributed by atoms with Gasteiger partial charge in [0.2, 0.25) is 0 Å². The summed E-state index contributed by atoms with van der Waals surface area (Å²) in [5.74, 6) is 0.843. The minimum atomic E-state index is -0.653. The van der Waals surface area contributed by atoms with E-state index in [9.17, 15) is 4.79 Å². The van der Waals surface area contributed by atoms with Crippen LogP contribution in [0.3, 0.4) is 0 Å². The Balaban J connectivity index is 2.11. The van der Waals surface area contributed by atoms with E-state index in [0.717, 1.165) is 42.7 Å². The maximum atomic E-state index is 12.7. The lowest BCUT2D eigenvalue weighted by atomic mass is 9.83. The van der Waals surface area contributed by atoms with Crippen molar-refractivity contribution in [2.24, 2.45) is 0 Å². The van der Waals surface area contributed by atoms with Crippen molar-refractivity contribution in [1.29, 1.82) is 0 Å². The zero-order chi connectivity index (χ0) is 16.0. The summed E-state index contributed by atoms with van der Waals surface area (Å²) in [6.07, 6.45) is 4.90. The van der Waals surface area contributed by atoms with Gasteiger partial charge >= 0.3 is 0 Å². The second kappa shape index (κ2) is 7.63. The smallest absolute Gasteiger partial charge is 0.256 e. The fraction of sp³-hybridized carbons (Fsp3) is 0.611. The fourth-order valence-electron chi connectivity index (χ4n) is 3.13. The maximum Gasteiger partial charge on any atom is 0.256 e. The molecule has 0 aromatic heterocycles. The lowest BCUT2D eigenvalue weighted by Crippen LogP contribution is -2.47. The topological polar surface area (TPSA) is 47.6 Å². The SMILES string of the molecule is CCOc1ccc(NC(=O)C2(OCC)CCCCC2)cc1C. The number of hydrogen-bond donors (Lipinski definition) is 1. The highest BCUT2D eigenvalue weighted by Crippen LogP contribution is 2.33. The molecule has 1 saturated carbocycles. The van der Waals surface area contributed by atoms with Gasteiger partial charge in [-0.15, -0.1) is 0 Å². The van der Waals surface area contributed by atoms with E-state index in [-0.39, 0.29) is 5.91 Å². The van der Waals surface area contributed by atoms with Gasteiger partial charge in [0.15, 0.2) is 0 Å². The Morgan fingerprint density at radius 1 is 1.18 bits per heavy atom. The third kappa shape index (κ3) is 3.80. The number of benzene rings is 1. The van der Waals surface area contributed by atoms with E-state index in [1.807, 2.05) is 39.0 Å². The first kappa shape index (κ1) is 16.8. The summed E-state index contributed by atoms with van der Waals surface area (Å²) in [6, 6.07) is 5.74. The molecular formula is C18H27NO3. The molecule has 1 aliphatic carbocycles. The number of rotatable bonds is 6. The predicted molar refractivity (Wildman–Crippen MR) is 88.4 cm³/mol. The van der Waals surface area contributed by atoms with Crippen LogP contribution in [0.5, 0.6) is 5.75 Å². The van der Waals surface area contributed by atoms with Crippen molar-refractivity contribution in [3.8, 4) is 5.75 Å². The van der Waals surface area contributed by atoms with Crippen molar-refractivity contribution in [2.75, 3.05) is 18.5 Å². The zero-order valence-corrected chi connectivity index (χ0v) is 13.9. The molecule has 1 amide bonds. The van der Waals surface area contributed by atoms with Gasteiger partial charge in [-0.05, 0) is 57.4 Å². The summed E-state index contributed by atoms with van der Waals surface area (Å²) in [7, 11) is 0. The van der Waals surface area contributed by atoms with Crippen molar-refractivity contribution in [3.63, 3.8) is 0 Å². The number of carbonyl (C=O) groups excluding carboxylic acids is 1. The van der Waals surface area contributed by atoms with Gasteiger partial charge in [-0.25, -0.2) is 0 Å². The molecule has 1 aliphatic rings. The van der Waals surface area contributed by atoms with Crippen LogP contribution < -0.4 is 10.1 Å². The van der Waals surface area contributed by atoms with Crippen molar-refractivity contribution in [1.82, 2.24) is 0 Å². The van der Waals surface area contributed by atoms with Gasteiger partial charge in [-0.2, -0.15) is 0 Å². The molecule has 22 heavy (non-hydrogen) atoms. The number of amides is 1. The second-order valence-corrected chi connectivity index (χ2v) is 5.86. The van der Waals surface area contributed by atoms with Crippen LogP contribution in [0.4, 0.5) is 5.69 Å². The summed E-state index contributed by atoms with van der Waals surface area (Å²) in [6.45, 7) is 7.10. The van der Waals surface area contributed by atoms with Crippen molar-refractivity contribution < 1.29 is 14.3 Å². The average molecular weight is 305 g/mol. The molecule has 0 radical (unpaired) electrons. The van der Waals surface area contributed by atoms with Gasteiger partial charge in [0.05, 0.1) is 6.61 Å². The monoisotopic (exact) mass is 305 g/mol. The maximum absolute atomic E-state index is 12.7. The molecule has 4 nitrogen and oxygen atoms in total. The molecule has 122 valence electrons. The number of anilines is 1. The molecule has 1 aromatic carbocycles. The Labute approximate surface area is 133 Å². The Hall–Kier alpha value is -1.55.